The van der Waals surface area contributed by atoms with E-state index in [1.165, 1.54) is 58.4 Å². The second kappa shape index (κ2) is 12.0. The summed E-state index contributed by atoms with van der Waals surface area (Å²) in [7, 11) is -6.07. The molecule has 0 radical (unpaired) electrons. The largest absolute Gasteiger partial charge is 0.493 e. The van der Waals surface area contributed by atoms with Crippen molar-refractivity contribution >= 4 is 31.8 Å². The summed E-state index contributed by atoms with van der Waals surface area (Å²) < 4.78 is 98.3. The number of methoxy groups -OCH3 is 2. The Kier molecular flexibility index (Phi) is 8.82. The number of anilines is 1. The lowest BCUT2D eigenvalue weighted by Gasteiger charge is -2.31. The number of nitrogens with zero attached hydrogens (tertiary/aromatic N) is 1. The van der Waals surface area contributed by atoms with Gasteiger partial charge in [-0.05, 0) is 55.8 Å². The number of ether oxygens (including phenoxy) is 4. The van der Waals surface area contributed by atoms with Crippen molar-refractivity contribution in [3.8, 4) is 34.1 Å². The lowest BCUT2D eigenvalue weighted by atomic mass is 9.88. The van der Waals surface area contributed by atoms with E-state index in [2.05, 4.69) is 5.32 Å². The minimum atomic E-state index is -4.50. The number of carbonyl (C=O) groups is 1. The Bertz CT molecular complexity index is 1680. The Morgan fingerprint density at radius 3 is 2.19 bits per heavy atom. The fourth-order valence-electron chi connectivity index (χ4n) is 4.44. The van der Waals surface area contributed by atoms with Crippen LogP contribution in [0.25, 0.3) is 11.1 Å². The third kappa shape index (κ3) is 5.92. The fourth-order valence-corrected chi connectivity index (χ4v) is 7.52. The van der Waals surface area contributed by atoms with Crippen molar-refractivity contribution in [3.05, 3.63) is 65.7 Å². The van der Waals surface area contributed by atoms with Crippen molar-refractivity contribution in [2.45, 2.75) is 26.6 Å². The smallest absolute Gasteiger partial charge is 0.387 e. The van der Waals surface area contributed by atoms with Crippen LogP contribution < -0.4 is 24.3 Å². The second-order valence-corrected chi connectivity index (χ2v) is 13.3. The van der Waals surface area contributed by atoms with Gasteiger partial charge in [-0.2, -0.15) is 8.78 Å². The second-order valence-electron chi connectivity index (χ2n) is 8.85. The summed E-state index contributed by atoms with van der Waals surface area (Å²) in [5.41, 5.74) is 1.61. The first-order valence-corrected chi connectivity index (χ1v) is 15.8. The predicted molar refractivity (Wildman–Crippen MR) is 150 cm³/mol. The van der Waals surface area contributed by atoms with E-state index in [-0.39, 0.29) is 26.5 Å². The van der Waals surface area contributed by atoms with E-state index in [9.17, 15) is 30.4 Å². The Hall–Kier alpha value is -4.11. The number of fused-ring (bicyclic) bond motifs is 3. The van der Waals surface area contributed by atoms with Gasteiger partial charge in [0, 0.05) is 16.8 Å². The average Bonchev–Trinajstić information content (AvgIpc) is 2.95. The zero-order valence-corrected chi connectivity index (χ0v) is 24.6. The monoisotopic (exact) mass is 626 g/mol. The summed E-state index contributed by atoms with van der Waals surface area (Å²) in [6.45, 7) is -0.697. The highest BCUT2D eigenvalue weighted by Crippen LogP contribution is 2.50. The molecule has 15 heteroatoms. The molecule has 3 aromatic carbocycles. The van der Waals surface area contributed by atoms with Crippen molar-refractivity contribution in [3.63, 3.8) is 0 Å². The summed E-state index contributed by atoms with van der Waals surface area (Å²) in [4.78, 5) is 13.1. The van der Waals surface area contributed by atoms with Gasteiger partial charge >= 0.3 is 12.6 Å². The minimum absolute atomic E-state index is 0.0196. The standard InChI is InChI=1S/C27H28F2N2O9S2/c1-5-41(33,34)31(42(35,36)6-2)27(32)30-17-11-12-18-19(15-17)25(16-10-13-20(37-3)23(14-16)38-4)39-21-8-7-9-22(24(18)21)40-26(28)29/h7-15,25-26H,5-6H2,1-4H3,(H,30,32). The van der Waals surface area contributed by atoms with Crippen LogP contribution in [0.2, 0.25) is 0 Å². The number of rotatable bonds is 10. The van der Waals surface area contributed by atoms with E-state index in [4.69, 9.17) is 18.9 Å². The van der Waals surface area contributed by atoms with Gasteiger partial charge in [0.25, 0.3) is 20.0 Å². The van der Waals surface area contributed by atoms with Crippen LogP contribution in [0.4, 0.5) is 19.3 Å². The third-order valence-electron chi connectivity index (χ3n) is 6.41. The first-order chi connectivity index (χ1) is 19.9. The van der Waals surface area contributed by atoms with Crippen LogP contribution in [0, 0.1) is 0 Å². The van der Waals surface area contributed by atoms with Gasteiger partial charge in [0.05, 0.1) is 31.3 Å². The number of benzene rings is 3. The average molecular weight is 627 g/mol. The molecule has 4 rings (SSSR count). The van der Waals surface area contributed by atoms with E-state index >= 15 is 0 Å². The van der Waals surface area contributed by atoms with Crippen LogP contribution in [0.1, 0.15) is 31.1 Å². The molecule has 1 heterocycles. The molecule has 226 valence electrons. The Labute approximate surface area is 242 Å². The van der Waals surface area contributed by atoms with E-state index in [1.54, 1.807) is 24.3 Å². The van der Waals surface area contributed by atoms with Crippen molar-refractivity contribution < 1.29 is 49.4 Å². The number of hydrogen-bond acceptors (Lipinski definition) is 9. The molecule has 0 saturated carbocycles. The summed E-state index contributed by atoms with van der Waals surface area (Å²) in [6.07, 6.45) is -0.874. The number of carbonyl (C=O) groups excluding carboxylic acids is 1. The first-order valence-electron chi connectivity index (χ1n) is 12.5. The summed E-state index contributed by atoms with van der Waals surface area (Å²) in [5.74, 6) is -0.353. The molecule has 1 aliphatic rings. The van der Waals surface area contributed by atoms with Gasteiger partial charge in [0.15, 0.2) is 11.5 Å². The zero-order valence-electron chi connectivity index (χ0n) is 23.0. The topological polar surface area (TPSA) is 138 Å². The highest BCUT2D eigenvalue weighted by Gasteiger charge is 2.37. The van der Waals surface area contributed by atoms with Gasteiger partial charge in [-0.3, -0.25) is 0 Å². The molecule has 0 fully saturated rings. The van der Waals surface area contributed by atoms with E-state index in [0.29, 0.717) is 28.2 Å². The fraction of sp³-hybridized carbons (Fsp3) is 0.296. The van der Waals surface area contributed by atoms with Crippen LogP contribution >= 0.6 is 0 Å². The first kappa shape index (κ1) is 30.8. The molecular formula is C27H28F2N2O9S2. The Morgan fingerprint density at radius 2 is 1.60 bits per heavy atom. The molecule has 0 aromatic heterocycles. The molecule has 0 saturated heterocycles. The number of urea groups is 1. The van der Waals surface area contributed by atoms with Crippen LogP contribution in [-0.2, 0) is 20.0 Å². The van der Waals surface area contributed by atoms with Crippen molar-refractivity contribution in [1.29, 1.82) is 0 Å². The Balaban J connectivity index is 1.87. The van der Waals surface area contributed by atoms with Crippen LogP contribution in [0.5, 0.6) is 23.0 Å². The molecule has 0 spiro atoms. The van der Waals surface area contributed by atoms with E-state index < -0.39 is 50.3 Å². The molecule has 0 aliphatic carbocycles. The molecule has 1 atom stereocenters. The minimum Gasteiger partial charge on any atom is -0.493 e. The van der Waals surface area contributed by atoms with E-state index in [0.717, 1.165) is 0 Å². The van der Waals surface area contributed by atoms with Crippen LogP contribution in [0.3, 0.4) is 0 Å². The van der Waals surface area contributed by atoms with Crippen molar-refractivity contribution in [2.75, 3.05) is 31.0 Å². The molecule has 42 heavy (non-hydrogen) atoms. The highest BCUT2D eigenvalue weighted by atomic mass is 32.3. The number of alkyl halides is 2. The van der Waals surface area contributed by atoms with Gasteiger partial charge in [0.1, 0.15) is 17.6 Å². The molecule has 2 amide bonds. The van der Waals surface area contributed by atoms with Crippen molar-refractivity contribution in [1.82, 2.24) is 3.71 Å². The lowest BCUT2D eigenvalue weighted by molar-refractivity contribution is -0.0496. The third-order valence-corrected chi connectivity index (χ3v) is 10.6. The number of sulfonamides is 2. The van der Waals surface area contributed by atoms with Gasteiger partial charge in [-0.25, -0.2) is 21.6 Å². The molecule has 1 N–H and O–H groups in total. The highest BCUT2D eigenvalue weighted by molar-refractivity contribution is 8.04. The molecule has 11 nitrogen and oxygen atoms in total. The van der Waals surface area contributed by atoms with Crippen molar-refractivity contribution in [2.24, 2.45) is 0 Å². The number of amides is 2. The summed E-state index contributed by atoms with van der Waals surface area (Å²) in [5, 5.41) is 2.33. The molecular weight excluding hydrogens is 598 g/mol. The normalized spacial score (nSPS) is 14.3. The molecule has 0 bridgehead atoms. The Morgan fingerprint density at radius 1 is 0.929 bits per heavy atom. The quantitative estimate of drug-likeness (QED) is 0.330. The number of hydrogen-bond donors (Lipinski definition) is 1. The maximum atomic E-state index is 13.3. The summed E-state index contributed by atoms with van der Waals surface area (Å²) in [6, 6.07) is 12.4. The molecule has 1 unspecified atom stereocenters. The SMILES string of the molecule is CCS(=O)(=O)N(C(=O)Nc1ccc2c(c1)C(c1ccc(OC)c(OC)c1)Oc1cccc(OC(F)F)c1-2)S(=O)(=O)CC. The number of nitrogens with one attached hydrogen (secondary N) is 1. The van der Waals surface area contributed by atoms with Gasteiger partial charge < -0.3 is 24.3 Å². The summed E-state index contributed by atoms with van der Waals surface area (Å²) >= 11 is 0. The zero-order chi connectivity index (χ0) is 30.8. The maximum Gasteiger partial charge on any atom is 0.387 e. The maximum absolute atomic E-state index is 13.3. The van der Waals surface area contributed by atoms with Gasteiger partial charge in [0.2, 0.25) is 0 Å². The van der Waals surface area contributed by atoms with Gasteiger partial charge in [-0.15, -0.1) is 3.71 Å². The lowest BCUT2D eigenvalue weighted by Crippen LogP contribution is -2.45. The van der Waals surface area contributed by atoms with Gasteiger partial charge in [-0.1, -0.05) is 18.2 Å². The molecule has 3 aromatic rings. The van der Waals surface area contributed by atoms with Crippen LogP contribution in [0.15, 0.2) is 54.6 Å². The van der Waals surface area contributed by atoms with E-state index in [1.807, 2.05) is 0 Å². The molecule has 1 aliphatic heterocycles. The number of halogens is 2. The van der Waals surface area contributed by atoms with Crippen LogP contribution in [-0.4, -0.2) is 58.9 Å². The predicted octanol–water partition coefficient (Wildman–Crippen LogP) is 4.99.